The lowest BCUT2D eigenvalue weighted by Gasteiger charge is -2.12. The third-order valence-corrected chi connectivity index (χ3v) is 6.10. The van der Waals surface area contributed by atoms with Crippen molar-refractivity contribution >= 4 is 32.5 Å². The Balaban J connectivity index is 1.57. The van der Waals surface area contributed by atoms with Crippen LogP contribution in [-0.4, -0.2) is 0 Å². The van der Waals surface area contributed by atoms with E-state index < -0.39 is 0 Å². The minimum atomic E-state index is 0.0307. The highest BCUT2D eigenvalue weighted by Gasteiger charge is 2.17. The Bertz CT molecular complexity index is 1670. The van der Waals surface area contributed by atoms with E-state index in [-0.39, 0.29) is 5.43 Å². The fourth-order valence-corrected chi connectivity index (χ4v) is 4.46. The van der Waals surface area contributed by atoms with Gasteiger partial charge in [0.15, 0.2) is 5.43 Å². The summed E-state index contributed by atoms with van der Waals surface area (Å²) in [5, 5.41) is 5.26. The molecule has 0 atom stereocenters. The molecule has 6 aromatic rings. The van der Waals surface area contributed by atoms with Crippen molar-refractivity contribution in [3.05, 3.63) is 131 Å². The lowest BCUT2D eigenvalue weighted by molar-refractivity contribution is 0.612. The predicted molar refractivity (Wildman–Crippen MR) is 132 cm³/mol. The van der Waals surface area contributed by atoms with Crippen molar-refractivity contribution in [1.82, 2.24) is 0 Å². The lowest BCUT2D eigenvalue weighted by atomic mass is 9.96. The van der Waals surface area contributed by atoms with E-state index in [0.717, 1.165) is 21.9 Å². The first-order chi connectivity index (χ1) is 15.8. The number of rotatable bonds is 3. The van der Waals surface area contributed by atoms with Gasteiger partial charge in [-0.2, -0.15) is 0 Å². The number of hydrogen-bond acceptors (Lipinski definition) is 2. The summed E-state index contributed by atoms with van der Waals surface area (Å²) < 4.78 is 6.37. The highest BCUT2D eigenvalue weighted by molar-refractivity contribution is 5.88. The smallest absolute Gasteiger partial charge is 0.196 e. The molecule has 1 heterocycles. The Hall–Kier alpha value is -4.17. The molecule has 5 aromatic carbocycles. The molecule has 0 saturated heterocycles. The molecular formula is C30H20O2. The van der Waals surface area contributed by atoms with Gasteiger partial charge >= 0.3 is 0 Å². The molecule has 0 saturated carbocycles. The molecular weight excluding hydrogens is 392 g/mol. The molecule has 1 aromatic heterocycles. The van der Waals surface area contributed by atoms with Crippen LogP contribution in [0.1, 0.15) is 11.1 Å². The van der Waals surface area contributed by atoms with Gasteiger partial charge in [-0.15, -0.1) is 0 Å². The first-order valence-corrected chi connectivity index (χ1v) is 10.8. The molecule has 0 fully saturated rings. The molecule has 0 N–H and O–H groups in total. The van der Waals surface area contributed by atoms with Crippen molar-refractivity contribution in [3.63, 3.8) is 0 Å². The monoisotopic (exact) mass is 412 g/mol. The van der Waals surface area contributed by atoms with Crippen LogP contribution in [0.3, 0.4) is 0 Å². The van der Waals surface area contributed by atoms with Crippen molar-refractivity contribution < 1.29 is 4.42 Å². The average Bonchev–Trinajstić information content (AvgIpc) is 2.85. The van der Waals surface area contributed by atoms with Crippen LogP contribution in [0.4, 0.5) is 0 Å². The van der Waals surface area contributed by atoms with Gasteiger partial charge in [0.25, 0.3) is 0 Å². The second kappa shape index (κ2) is 7.51. The van der Waals surface area contributed by atoms with Gasteiger partial charge in [0.2, 0.25) is 0 Å². The van der Waals surface area contributed by atoms with E-state index in [1.165, 1.54) is 10.8 Å². The maximum atomic E-state index is 13.6. The zero-order chi connectivity index (χ0) is 21.5. The average molecular weight is 412 g/mol. The summed E-state index contributed by atoms with van der Waals surface area (Å²) in [5.74, 6) is 0.646. The van der Waals surface area contributed by atoms with Gasteiger partial charge in [-0.25, -0.2) is 0 Å². The molecule has 0 aliphatic heterocycles. The molecule has 2 heteroatoms. The standard InChI is InChI=1S/C30H20O2/c31-29-26-11-5-6-12-28(26)32-30(25-16-15-22-8-2-4-10-24(22)19-25)27(29)18-20-13-14-21-7-1-3-9-23(21)17-20/h1-17,19H,18H2. The van der Waals surface area contributed by atoms with Gasteiger partial charge in [-0.05, 0) is 45.3 Å². The van der Waals surface area contributed by atoms with Crippen LogP contribution in [0, 0.1) is 0 Å². The quantitative estimate of drug-likeness (QED) is 0.304. The van der Waals surface area contributed by atoms with Gasteiger partial charge < -0.3 is 4.42 Å². The van der Waals surface area contributed by atoms with E-state index in [2.05, 4.69) is 54.6 Å². The van der Waals surface area contributed by atoms with Gasteiger partial charge in [0, 0.05) is 17.5 Å². The van der Waals surface area contributed by atoms with Crippen LogP contribution in [-0.2, 0) is 6.42 Å². The molecule has 6 rings (SSSR count). The van der Waals surface area contributed by atoms with Gasteiger partial charge in [0.05, 0.1) is 5.39 Å². The number of hydrogen-bond donors (Lipinski definition) is 0. The van der Waals surface area contributed by atoms with E-state index in [9.17, 15) is 4.79 Å². The molecule has 0 amide bonds. The fraction of sp³-hybridized carbons (Fsp3) is 0.0333. The highest BCUT2D eigenvalue weighted by Crippen LogP contribution is 2.30. The molecule has 0 aliphatic rings. The molecule has 0 aliphatic carbocycles. The van der Waals surface area contributed by atoms with Gasteiger partial charge in [-0.1, -0.05) is 91.0 Å². The molecule has 152 valence electrons. The minimum absolute atomic E-state index is 0.0307. The van der Waals surface area contributed by atoms with E-state index in [1.807, 2.05) is 54.6 Å². The van der Waals surface area contributed by atoms with Crippen molar-refractivity contribution in [2.75, 3.05) is 0 Å². The minimum Gasteiger partial charge on any atom is -0.456 e. The fourth-order valence-electron chi connectivity index (χ4n) is 4.46. The van der Waals surface area contributed by atoms with Gasteiger partial charge in [0.1, 0.15) is 11.3 Å². The molecule has 0 spiro atoms. The Kier molecular flexibility index (Phi) is 4.36. The summed E-state index contributed by atoms with van der Waals surface area (Å²) in [5.41, 5.74) is 3.34. The zero-order valence-corrected chi connectivity index (χ0v) is 17.4. The second-order valence-corrected chi connectivity index (χ2v) is 8.16. The normalized spacial score (nSPS) is 11.4. The molecule has 32 heavy (non-hydrogen) atoms. The zero-order valence-electron chi connectivity index (χ0n) is 17.4. The Morgan fingerprint density at radius 3 is 2.00 bits per heavy atom. The van der Waals surface area contributed by atoms with Crippen LogP contribution in [0.25, 0.3) is 43.8 Å². The first-order valence-electron chi connectivity index (χ1n) is 10.8. The second-order valence-electron chi connectivity index (χ2n) is 8.16. The molecule has 0 radical (unpaired) electrons. The van der Waals surface area contributed by atoms with Gasteiger partial charge in [-0.3, -0.25) is 4.79 Å². The summed E-state index contributed by atoms with van der Waals surface area (Å²) in [6.07, 6.45) is 0.514. The summed E-state index contributed by atoms with van der Waals surface area (Å²) in [6, 6.07) is 36.6. The third kappa shape index (κ3) is 3.17. The van der Waals surface area contributed by atoms with Crippen molar-refractivity contribution in [3.8, 4) is 11.3 Å². The van der Waals surface area contributed by atoms with Crippen molar-refractivity contribution in [1.29, 1.82) is 0 Å². The lowest BCUT2D eigenvalue weighted by Crippen LogP contribution is -2.12. The maximum absolute atomic E-state index is 13.6. The van der Waals surface area contributed by atoms with Crippen molar-refractivity contribution in [2.24, 2.45) is 0 Å². The summed E-state index contributed by atoms with van der Waals surface area (Å²) >= 11 is 0. The Labute approximate surface area is 185 Å². The summed E-state index contributed by atoms with van der Waals surface area (Å²) in [6.45, 7) is 0. The maximum Gasteiger partial charge on any atom is 0.196 e. The summed E-state index contributed by atoms with van der Waals surface area (Å²) in [7, 11) is 0. The van der Waals surface area contributed by atoms with E-state index in [1.54, 1.807) is 0 Å². The van der Waals surface area contributed by atoms with Crippen LogP contribution < -0.4 is 5.43 Å². The predicted octanol–water partition coefficient (Wildman–Crippen LogP) is 7.36. The molecule has 0 bridgehead atoms. The van der Waals surface area contributed by atoms with Crippen LogP contribution in [0.5, 0.6) is 0 Å². The third-order valence-electron chi connectivity index (χ3n) is 6.10. The Morgan fingerprint density at radius 2 is 1.22 bits per heavy atom. The van der Waals surface area contributed by atoms with Crippen LogP contribution in [0.15, 0.2) is 118 Å². The van der Waals surface area contributed by atoms with E-state index in [4.69, 9.17) is 4.42 Å². The van der Waals surface area contributed by atoms with Crippen LogP contribution in [0.2, 0.25) is 0 Å². The van der Waals surface area contributed by atoms with Crippen LogP contribution >= 0.6 is 0 Å². The van der Waals surface area contributed by atoms with E-state index >= 15 is 0 Å². The topological polar surface area (TPSA) is 30.2 Å². The molecule has 2 nitrogen and oxygen atoms in total. The summed E-state index contributed by atoms with van der Waals surface area (Å²) in [4.78, 5) is 13.6. The van der Waals surface area contributed by atoms with E-state index in [0.29, 0.717) is 28.7 Å². The first kappa shape index (κ1) is 18.6. The largest absolute Gasteiger partial charge is 0.456 e. The SMILES string of the molecule is O=c1c(Cc2ccc3ccccc3c2)c(-c2ccc3ccccc3c2)oc2ccccc12. The Morgan fingerprint density at radius 1 is 0.594 bits per heavy atom. The number of para-hydroxylation sites is 1. The number of fused-ring (bicyclic) bond motifs is 3. The highest BCUT2D eigenvalue weighted by atomic mass is 16.3. The number of benzene rings is 5. The molecule has 0 unspecified atom stereocenters. The van der Waals surface area contributed by atoms with Crippen molar-refractivity contribution in [2.45, 2.75) is 6.42 Å².